The summed E-state index contributed by atoms with van der Waals surface area (Å²) in [6, 6.07) is 16.1. The van der Waals surface area contributed by atoms with E-state index in [9.17, 15) is 20.2 Å². The summed E-state index contributed by atoms with van der Waals surface area (Å²) in [5, 5.41) is 24.7. The van der Waals surface area contributed by atoms with Crippen molar-refractivity contribution in [2.75, 3.05) is 25.8 Å². The summed E-state index contributed by atoms with van der Waals surface area (Å²) in [5.74, 6) is 1.37. The largest absolute Gasteiger partial charge is 0.497 e. The summed E-state index contributed by atoms with van der Waals surface area (Å²) in [7, 11) is 3.11. The predicted molar refractivity (Wildman–Crippen MR) is 126 cm³/mol. The van der Waals surface area contributed by atoms with Gasteiger partial charge < -0.3 is 14.8 Å². The number of rotatable bonds is 9. The maximum Gasteiger partial charge on any atom is 0.324 e. The smallest absolute Gasteiger partial charge is 0.324 e. The minimum Gasteiger partial charge on any atom is -0.497 e. The summed E-state index contributed by atoms with van der Waals surface area (Å²) >= 11 is 0.999. The summed E-state index contributed by atoms with van der Waals surface area (Å²) in [4.78, 5) is 24.8. The van der Waals surface area contributed by atoms with Crippen molar-refractivity contribution in [3.8, 4) is 17.6 Å². The quantitative estimate of drug-likeness (QED) is 0.285. The van der Waals surface area contributed by atoms with Gasteiger partial charge in [-0.25, -0.2) is 0 Å². The molecule has 0 radical (unpaired) electrons. The van der Waals surface area contributed by atoms with Crippen LogP contribution in [0.2, 0.25) is 0 Å². The Labute approximate surface area is 194 Å². The zero-order valence-electron chi connectivity index (χ0n) is 18.3. The van der Waals surface area contributed by atoms with Crippen molar-refractivity contribution in [2.24, 2.45) is 0 Å². The van der Waals surface area contributed by atoms with Crippen molar-refractivity contribution >= 4 is 23.3 Å². The van der Waals surface area contributed by atoms with Gasteiger partial charge in [0.1, 0.15) is 28.0 Å². The Morgan fingerprint density at radius 2 is 1.61 bits per heavy atom. The molecule has 10 heteroatoms. The van der Waals surface area contributed by atoms with E-state index in [-0.39, 0.29) is 35.1 Å². The Hall–Kier alpha value is -3.97. The molecule has 0 aliphatic carbocycles. The van der Waals surface area contributed by atoms with E-state index in [0.29, 0.717) is 11.5 Å². The van der Waals surface area contributed by atoms with Crippen LogP contribution in [0.25, 0.3) is 0 Å². The summed E-state index contributed by atoms with van der Waals surface area (Å²) in [5.41, 5.74) is 0.406. The van der Waals surface area contributed by atoms with Gasteiger partial charge in [0, 0.05) is 6.54 Å². The first-order valence-corrected chi connectivity index (χ1v) is 11.0. The number of nitrogens with one attached hydrogen (secondary N) is 1. The van der Waals surface area contributed by atoms with E-state index in [0.717, 1.165) is 22.9 Å². The molecule has 1 heterocycles. The molecule has 3 rings (SSSR count). The van der Waals surface area contributed by atoms with Gasteiger partial charge in [-0.3, -0.25) is 19.5 Å². The van der Waals surface area contributed by atoms with E-state index in [1.54, 1.807) is 56.9 Å². The van der Waals surface area contributed by atoms with Gasteiger partial charge in [0.15, 0.2) is 5.82 Å². The molecule has 0 saturated carbocycles. The zero-order valence-corrected chi connectivity index (χ0v) is 19.1. The maximum atomic E-state index is 13.2. The highest BCUT2D eigenvalue weighted by Gasteiger charge is 2.29. The number of benzene rings is 2. The van der Waals surface area contributed by atoms with Gasteiger partial charge >= 0.3 is 5.69 Å². The highest BCUT2D eigenvalue weighted by molar-refractivity contribution is 7.98. The fourth-order valence-electron chi connectivity index (χ4n) is 3.33. The van der Waals surface area contributed by atoms with Gasteiger partial charge in [-0.15, -0.1) is 11.8 Å². The molecular weight excluding hydrogens is 444 g/mol. The number of methoxy groups -OCH3 is 2. The number of nitro groups is 1. The van der Waals surface area contributed by atoms with Crippen LogP contribution >= 0.6 is 11.8 Å². The molecular formula is C23H22N4O5S. The van der Waals surface area contributed by atoms with E-state index < -0.39 is 10.5 Å². The molecule has 1 N–H and O–H groups in total. The second-order valence-electron chi connectivity index (χ2n) is 6.92. The number of hydrogen-bond donors (Lipinski definition) is 1. The minimum atomic E-state index is -0.597. The van der Waals surface area contributed by atoms with Crippen LogP contribution in [0.1, 0.15) is 16.7 Å². The lowest BCUT2D eigenvalue weighted by atomic mass is 10.2. The van der Waals surface area contributed by atoms with E-state index in [4.69, 9.17) is 9.47 Å². The van der Waals surface area contributed by atoms with Crippen LogP contribution in [0.4, 0.5) is 11.5 Å². The van der Waals surface area contributed by atoms with Crippen LogP contribution < -0.4 is 20.3 Å². The lowest BCUT2D eigenvalue weighted by molar-refractivity contribution is -0.387. The molecule has 3 aromatic rings. The zero-order chi connectivity index (χ0) is 24.0. The molecule has 9 nitrogen and oxygen atoms in total. The molecule has 0 bridgehead atoms. The lowest BCUT2D eigenvalue weighted by Gasteiger charge is -2.18. The molecule has 0 atom stereocenters. The molecule has 0 unspecified atom stereocenters. The first-order chi connectivity index (χ1) is 15.9. The van der Waals surface area contributed by atoms with Crippen LogP contribution in [0, 0.1) is 21.4 Å². The average Bonchev–Trinajstić information content (AvgIpc) is 2.84. The Balaban J connectivity index is 2.13. The molecule has 0 amide bonds. The second kappa shape index (κ2) is 10.6. The highest BCUT2D eigenvalue weighted by atomic mass is 32.2. The van der Waals surface area contributed by atoms with Crippen molar-refractivity contribution in [1.82, 2.24) is 4.57 Å². The first kappa shape index (κ1) is 23.7. The predicted octanol–water partition coefficient (Wildman–Crippen LogP) is 4.03. The van der Waals surface area contributed by atoms with Gasteiger partial charge in [-0.1, -0.05) is 24.3 Å². The standard InChI is InChI=1S/C23H22N4O5S/c1-31-17-8-4-15(5-9-17)13-25-22-20(27(29)30)21(33-3)19(12-24)23(28)26(22)14-16-6-10-18(32-2)11-7-16/h4-11,25H,13-14H2,1-3H3. The van der Waals surface area contributed by atoms with Gasteiger partial charge in [-0.2, -0.15) is 5.26 Å². The van der Waals surface area contributed by atoms with Crippen LogP contribution in [-0.2, 0) is 13.1 Å². The molecule has 0 fully saturated rings. The topological polar surface area (TPSA) is 119 Å². The number of hydrogen-bond acceptors (Lipinski definition) is 8. The van der Waals surface area contributed by atoms with E-state index in [2.05, 4.69) is 5.32 Å². The number of anilines is 1. The van der Waals surface area contributed by atoms with Crippen molar-refractivity contribution in [3.63, 3.8) is 0 Å². The van der Waals surface area contributed by atoms with Crippen LogP contribution in [-0.4, -0.2) is 30.0 Å². The Morgan fingerprint density at radius 1 is 1.06 bits per heavy atom. The SMILES string of the molecule is COc1ccc(CNc2c([N+](=O)[O-])c(SC)c(C#N)c(=O)n2Cc2ccc(OC)cc2)cc1. The van der Waals surface area contributed by atoms with Gasteiger partial charge in [0.25, 0.3) is 5.56 Å². The second-order valence-corrected chi connectivity index (χ2v) is 7.73. The van der Waals surface area contributed by atoms with Gasteiger partial charge in [0.2, 0.25) is 0 Å². The molecule has 0 spiro atoms. The Kier molecular flexibility index (Phi) is 7.58. The number of pyridine rings is 1. The third kappa shape index (κ3) is 5.10. The van der Waals surface area contributed by atoms with Crippen LogP contribution in [0.3, 0.4) is 0 Å². The fraction of sp³-hybridized carbons (Fsp3) is 0.217. The monoisotopic (exact) mass is 466 g/mol. The first-order valence-electron chi connectivity index (χ1n) is 9.82. The van der Waals surface area contributed by atoms with E-state index in [1.165, 1.54) is 4.57 Å². The summed E-state index contributed by atoms with van der Waals surface area (Å²) in [6.45, 7) is 0.268. The van der Waals surface area contributed by atoms with Crippen LogP contribution in [0.15, 0.2) is 58.2 Å². The van der Waals surface area contributed by atoms with Crippen molar-refractivity contribution in [1.29, 1.82) is 5.26 Å². The average molecular weight is 467 g/mol. The molecule has 0 aliphatic rings. The number of aromatic nitrogens is 1. The van der Waals surface area contributed by atoms with Crippen molar-refractivity contribution in [3.05, 3.63) is 85.7 Å². The number of nitrogens with zero attached hydrogens (tertiary/aromatic N) is 3. The van der Waals surface area contributed by atoms with Gasteiger partial charge in [0.05, 0.1) is 25.7 Å². The molecule has 1 aromatic heterocycles. The highest BCUT2D eigenvalue weighted by Crippen LogP contribution is 2.36. The van der Waals surface area contributed by atoms with Crippen molar-refractivity contribution < 1.29 is 14.4 Å². The summed E-state index contributed by atoms with van der Waals surface area (Å²) < 4.78 is 11.6. The Bertz CT molecular complexity index is 1250. The minimum absolute atomic E-state index is 0.0377. The summed E-state index contributed by atoms with van der Waals surface area (Å²) in [6.07, 6.45) is 1.60. The van der Waals surface area contributed by atoms with Crippen LogP contribution in [0.5, 0.6) is 11.5 Å². The number of ether oxygens (including phenoxy) is 2. The van der Waals surface area contributed by atoms with E-state index >= 15 is 0 Å². The molecule has 33 heavy (non-hydrogen) atoms. The lowest BCUT2D eigenvalue weighted by Crippen LogP contribution is -2.28. The molecule has 0 saturated heterocycles. The normalized spacial score (nSPS) is 10.4. The van der Waals surface area contributed by atoms with E-state index in [1.807, 2.05) is 18.2 Å². The molecule has 0 aliphatic heterocycles. The Morgan fingerprint density at radius 3 is 2.06 bits per heavy atom. The fourth-order valence-corrected chi connectivity index (χ4v) is 4.03. The third-order valence-corrected chi connectivity index (χ3v) is 5.82. The molecule has 170 valence electrons. The third-order valence-electron chi connectivity index (χ3n) is 5.01. The number of thioether (sulfide) groups is 1. The van der Waals surface area contributed by atoms with Gasteiger partial charge in [-0.05, 0) is 41.6 Å². The number of nitriles is 1. The maximum absolute atomic E-state index is 13.2. The molecule has 2 aromatic carbocycles. The van der Waals surface area contributed by atoms with Crippen molar-refractivity contribution in [2.45, 2.75) is 18.0 Å².